The Morgan fingerprint density at radius 2 is 2.27 bits per heavy atom. The lowest BCUT2D eigenvalue weighted by Gasteiger charge is -2.10. The van der Waals surface area contributed by atoms with E-state index in [0.717, 1.165) is 0 Å². The first-order valence-corrected chi connectivity index (χ1v) is 8.09. The summed E-state index contributed by atoms with van der Waals surface area (Å²) in [5.74, 6) is -0.000231. The van der Waals surface area contributed by atoms with Crippen LogP contribution in [0.25, 0.3) is 6.08 Å². The molecule has 0 atom stereocenters. The second-order valence-electron chi connectivity index (χ2n) is 4.36. The molecule has 4 nitrogen and oxygen atoms in total. The van der Waals surface area contributed by atoms with Gasteiger partial charge in [-0.2, -0.15) is 0 Å². The van der Waals surface area contributed by atoms with E-state index in [2.05, 4.69) is 6.58 Å². The number of phenolic OH excluding ortho intramolecular Hbond substituents is 1. The lowest BCUT2D eigenvalue weighted by Crippen LogP contribution is -2.27. The highest BCUT2D eigenvalue weighted by Crippen LogP contribution is 2.38. The van der Waals surface area contributed by atoms with Gasteiger partial charge in [0.05, 0.1) is 16.5 Å². The van der Waals surface area contributed by atoms with E-state index in [-0.39, 0.29) is 22.4 Å². The number of carbonyl (C=O) groups excluding carboxylic acids is 1. The highest BCUT2D eigenvalue weighted by atomic mass is 35.5. The third kappa shape index (κ3) is 3.45. The Morgan fingerprint density at radius 3 is 2.91 bits per heavy atom. The Labute approximate surface area is 143 Å². The second-order valence-corrected chi connectivity index (χ2v) is 6.45. The van der Waals surface area contributed by atoms with E-state index in [1.165, 1.54) is 16.7 Å². The molecule has 22 heavy (non-hydrogen) atoms. The number of ether oxygens (including phenoxy) is 1. The molecule has 1 heterocycles. The summed E-state index contributed by atoms with van der Waals surface area (Å²) in [6.07, 6.45) is 3.30. The van der Waals surface area contributed by atoms with Gasteiger partial charge >= 0.3 is 0 Å². The summed E-state index contributed by atoms with van der Waals surface area (Å²) in [5, 5.41) is 10.00. The molecule has 1 aromatic rings. The molecule has 0 radical (unpaired) electrons. The highest BCUT2D eigenvalue weighted by molar-refractivity contribution is 8.26. The van der Waals surface area contributed by atoms with Crippen LogP contribution in [-0.4, -0.2) is 33.4 Å². The number of thioether (sulfide) groups is 1. The van der Waals surface area contributed by atoms with Crippen molar-refractivity contribution in [2.45, 2.75) is 6.92 Å². The van der Waals surface area contributed by atoms with Crippen molar-refractivity contribution in [2.24, 2.45) is 0 Å². The molecule has 0 bridgehead atoms. The fourth-order valence-electron chi connectivity index (χ4n) is 1.88. The maximum Gasteiger partial charge on any atom is 0.266 e. The number of rotatable bonds is 5. The van der Waals surface area contributed by atoms with Crippen molar-refractivity contribution in [2.75, 3.05) is 13.2 Å². The predicted octanol–water partition coefficient (Wildman–Crippen LogP) is 3.83. The smallest absolute Gasteiger partial charge is 0.266 e. The molecule has 1 aliphatic heterocycles. The first-order valence-electron chi connectivity index (χ1n) is 6.49. The number of phenols is 1. The molecule has 7 heteroatoms. The lowest BCUT2D eigenvalue weighted by atomic mass is 10.2. The van der Waals surface area contributed by atoms with Gasteiger partial charge in [0.25, 0.3) is 5.91 Å². The molecule has 1 saturated heterocycles. The van der Waals surface area contributed by atoms with E-state index in [1.807, 2.05) is 0 Å². The number of hydrogen-bond donors (Lipinski definition) is 1. The van der Waals surface area contributed by atoms with Crippen LogP contribution >= 0.6 is 35.6 Å². The molecule has 2 rings (SSSR count). The molecule has 1 aromatic carbocycles. The van der Waals surface area contributed by atoms with E-state index in [1.54, 1.807) is 31.2 Å². The summed E-state index contributed by atoms with van der Waals surface area (Å²) in [4.78, 5) is 14.2. The Balaban J connectivity index is 2.35. The Kier molecular flexibility index (Phi) is 5.50. The number of thiocarbonyl (C=S) groups is 1. The van der Waals surface area contributed by atoms with Gasteiger partial charge in [-0.15, -0.1) is 6.58 Å². The number of amides is 1. The van der Waals surface area contributed by atoms with Gasteiger partial charge in [0, 0.05) is 6.54 Å². The van der Waals surface area contributed by atoms with Crippen molar-refractivity contribution in [1.29, 1.82) is 0 Å². The number of nitrogens with zero attached hydrogens (tertiary/aromatic N) is 1. The molecule has 0 spiro atoms. The largest absolute Gasteiger partial charge is 0.503 e. The average Bonchev–Trinajstić information content (AvgIpc) is 2.72. The summed E-state index contributed by atoms with van der Waals surface area (Å²) in [6.45, 7) is 6.19. The monoisotopic (exact) mass is 355 g/mol. The maximum atomic E-state index is 12.3. The second kappa shape index (κ2) is 7.17. The number of aromatic hydroxyl groups is 1. The fraction of sp³-hybridized carbons (Fsp3) is 0.200. The quantitative estimate of drug-likeness (QED) is 0.494. The van der Waals surface area contributed by atoms with Gasteiger partial charge in [0.15, 0.2) is 11.5 Å². The minimum Gasteiger partial charge on any atom is -0.503 e. The molecule has 1 amide bonds. The van der Waals surface area contributed by atoms with Crippen molar-refractivity contribution < 1.29 is 14.6 Å². The molecule has 1 N–H and O–H groups in total. The molecule has 1 fully saturated rings. The standard InChI is InChI=1S/C15H14ClNO3S2/c1-3-5-17-14(19)12(22-15(17)21)8-9-6-10(16)13(18)11(7-9)20-4-2/h3,6-8,18H,1,4-5H2,2H3/b12-8+. The number of halogens is 1. The van der Waals surface area contributed by atoms with Crippen LogP contribution < -0.4 is 4.74 Å². The van der Waals surface area contributed by atoms with Gasteiger partial charge in [0.1, 0.15) is 4.32 Å². The first kappa shape index (κ1) is 16.9. The van der Waals surface area contributed by atoms with Crippen LogP contribution in [0.4, 0.5) is 0 Å². The van der Waals surface area contributed by atoms with E-state index in [4.69, 9.17) is 28.6 Å². The van der Waals surface area contributed by atoms with Crippen molar-refractivity contribution in [1.82, 2.24) is 4.90 Å². The molecule has 0 saturated carbocycles. The van der Waals surface area contributed by atoms with E-state index in [0.29, 0.717) is 27.9 Å². The van der Waals surface area contributed by atoms with Crippen molar-refractivity contribution in [3.63, 3.8) is 0 Å². The summed E-state index contributed by atoms with van der Waals surface area (Å²) in [6, 6.07) is 3.20. The van der Waals surface area contributed by atoms with Crippen molar-refractivity contribution >= 4 is 51.9 Å². The maximum absolute atomic E-state index is 12.3. The van der Waals surface area contributed by atoms with Gasteiger partial charge in [-0.1, -0.05) is 41.7 Å². The third-order valence-corrected chi connectivity index (χ3v) is 4.50. The molecule has 0 aliphatic carbocycles. The average molecular weight is 356 g/mol. The Hall–Kier alpha value is -1.50. The van der Waals surface area contributed by atoms with Gasteiger partial charge in [-0.3, -0.25) is 9.69 Å². The summed E-state index contributed by atoms with van der Waals surface area (Å²) in [7, 11) is 0. The zero-order valence-corrected chi connectivity index (χ0v) is 14.2. The summed E-state index contributed by atoms with van der Waals surface area (Å²) >= 11 is 12.4. The SMILES string of the molecule is C=CCN1C(=O)/C(=C\c2cc(Cl)c(O)c(OCC)c2)SC1=S. The molecule has 1 aliphatic rings. The lowest BCUT2D eigenvalue weighted by molar-refractivity contribution is -0.121. The van der Waals surface area contributed by atoms with Crippen molar-refractivity contribution in [3.8, 4) is 11.5 Å². The highest BCUT2D eigenvalue weighted by Gasteiger charge is 2.31. The molecule has 0 unspecified atom stereocenters. The first-order chi connectivity index (χ1) is 10.5. The normalized spacial score (nSPS) is 16.5. The summed E-state index contributed by atoms with van der Waals surface area (Å²) < 4.78 is 5.82. The van der Waals surface area contributed by atoms with Crippen molar-refractivity contribution in [3.05, 3.63) is 40.3 Å². The number of hydrogen-bond acceptors (Lipinski definition) is 5. The van der Waals surface area contributed by atoms with Gasteiger partial charge < -0.3 is 9.84 Å². The van der Waals surface area contributed by atoms with Crippen LogP contribution in [0.15, 0.2) is 29.7 Å². The number of carbonyl (C=O) groups is 1. The zero-order valence-electron chi connectivity index (χ0n) is 11.8. The number of benzene rings is 1. The Morgan fingerprint density at radius 1 is 1.55 bits per heavy atom. The zero-order chi connectivity index (χ0) is 16.3. The van der Waals surface area contributed by atoms with E-state index >= 15 is 0 Å². The molecule has 0 aromatic heterocycles. The van der Waals surface area contributed by atoms with Crippen LogP contribution in [-0.2, 0) is 4.79 Å². The third-order valence-electron chi connectivity index (χ3n) is 2.83. The van der Waals surface area contributed by atoms with E-state index < -0.39 is 0 Å². The topological polar surface area (TPSA) is 49.8 Å². The molecular weight excluding hydrogens is 342 g/mol. The summed E-state index contributed by atoms with van der Waals surface area (Å²) in [5.41, 5.74) is 0.658. The minimum absolute atomic E-state index is 0.111. The van der Waals surface area contributed by atoms with Gasteiger partial charge in [0.2, 0.25) is 0 Å². The van der Waals surface area contributed by atoms with Gasteiger partial charge in [-0.05, 0) is 30.7 Å². The predicted molar refractivity (Wildman–Crippen MR) is 94.4 cm³/mol. The van der Waals surface area contributed by atoms with Crippen LogP contribution in [0, 0.1) is 0 Å². The minimum atomic E-state index is -0.169. The van der Waals surface area contributed by atoms with Crippen LogP contribution in [0.2, 0.25) is 5.02 Å². The van der Waals surface area contributed by atoms with E-state index in [9.17, 15) is 9.90 Å². The fourth-order valence-corrected chi connectivity index (χ4v) is 3.37. The van der Waals surface area contributed by atoms with Gasteiger partial charge in [-0.25, -0.2) is 0 Å². The Bertz CT molecular complexity index is 673. The van der Waals surface area contributed by atoms with Crippen LogP contribution in [0.5, 0.6) is 11.5 Å². The van der Waals surface area contributed by atoms with Crippen LogP contribution in [0.1, 0.15) is 12.5 Å². The van der Waals surface area contributed by atoms with Crippen LogP contribution in [0.3, 0.4) is 0 Å². The molecule has 116 valence electrons. The molecular formula is C15H14ClNO3S2.